The molecule has 2 aromatic carbocycles. The molecule has 2 atom stereocenters. The number of nitrogens with zero attached hydrogens (tertiary/aromatic N) is 2. The van der Waals surface area contributed by atoms with Gasteiger partial charge in [-0.15, -0.1) is 0 Å². The van der Waals surface area contributed by atoms with Crippen molar-refractivity contribution in [2.24, 2.45) is 7.05 Å². The Morgan fingerprint density at radius 3 is 2.62 bits per heavy atom. The second-order valence-electron chi connectivity index (χ2n) is 7.80. The summed E-state index contributed by atoms with van der Waals surface area (Å²) >= 11 is 0. The first-order valence-corrected chi connectivity index (χ1v) is 9.93. The number of benzene rings is 2. The second-order valence-corrected chi connectivity index (χ2v) is 7.80. The van der Waals surface area contributed by atoms with Gasteiger partial charge in [0.25, 0.3) is 5.91 Å². The van der Waals surface area contributed by atoms with Crippen molar-refractivity contribution in [2.75, 3.05) is 18.0 Å². The Hall–Kier alpha value is -2.86. The van der Waals surface area contributed by atoms with Crippen LogP contribution in [0.2, 0.25) is 0 Å². The van der Waals surface area contributed by atoms with Crippen LogP contribution >= 0.6 is 0 Å². The molecule has 0 aliphatic carbocycles. The fraction of sp³-hybridized carbons (Fsp3) is 0.348. The van der Waals surface area contributed by atoms with Gasteiger partial charge in [-0.05, 0) is 37.6 Å². The van der Waals surface area contributed by atoms with E-state index in [0.717, 1.165) is 16.5 Å². The number of aryl methyl sites for hydroxylation is 1. The number of nitrogens with one attached hydrogen (secondary N) is 1. The molecule has 0 unspecified atom stereocenters. The van der Waals surface area contributed by atoms with E-state index in [4.69, 9.17) is 4.74 Å². The number of amides is 1. The minimum absolute atomic E-state index is 0.0674. The number of hydrogen-bond acceptors (Lipinski definition) is 3. The summed E-state index contributed by atoms with van der Waals surface area (Å²) in [5.41, 5.74) is 2.93. The molecule has 1 aromatic heterocycles. The summed E-state index contributed by atoms with van der Waals surface area (Å²) in [6.07, 6.45) is 1.96. The van der Waals surface area contributed by atoms with Gasteiger partial charge >= 0.3 is 0 Å². The fourth-order valence-electron chi connectivity index (χ4n) is 4.09. The van der Waals surface area contributed by atoms with Crippen LogP contribution in [0.25, 0.3) is 10.9 Å². The van der Waals surface area contributed by atoms with Crippen LogP contribution in [0.5, 0.6) is 0 Å². The number of rotatable bonds is 4. The zero-order valence-corrected chi connectivity index (χ0v) is 17.0. The lowest BCUT2D eigenvalue weighted by molar-refractivity contribution is -0.00539. The molecule has 152 valence electrons. The topological polar surface area (TPSA) is 46.5 Å². The van der Waals surface area contributed by atoms with Gasteiger partial charge in [-0.25, -0.2) is 4.39 Å². The fourth-order valence-corrected chi connectivity index (χ4v) is 4.09. The molecule has 29 heavy (non-hydrogen) atoms. The van der Waals surface area contributed by atoms with Gasteiger partial charge < -0.3 is 19.5 Å². The standard InChI is InChI=1S/C23H26FN3O2/c1-15-12-27(13-16(2)29-15)22-9-8-17(10-20(22)24)11-25-23(28)19-14-26(3)21-7-5-4-6-18(19)21/h4-10,14-16H,11-13H2,1-3H3,(H,25,28)/t15-,16+. The van der Waals surface area contributed by atoms with E-state index in [0.29, 0.717) is 24.3 Å². The summed E-state index contributed by atoms with van der Waals surface area (Å²) < 4.78 is 22.4. The van der Waals surface area contributed by atoms with Crippen molar-refractivity contribution in [3.8, 4) is 0 Å². The lowest BCUT2D eigenvalue weighted by Gasteiger charge is -2.37. The smallest absolute Gasteiger partial charge is 0.253 e. The number of ether oxygens (including phenoxy) is 1. The SMILES string of the molecule is C[C@@H]1CN(c2ccc(CNC(=O)c3cn(C)c4ccccc34)cc2F)C[C@H](C)O1. The third-order valence-corrected chi connectivity index (χ3v) is 5.37. The second kappa shape index (κ2) is 7.87. The highest BCUT2D eigenvalue weighted by Gasteiger charge is 2.24. The first kappa shape index (κ1) is 19.5. The number of morpholine rings is 1. The number of aromatic nitrogens is 1. The van der Waals surface area contributed by atoms with Crippen LogP contribution in [-0.2, 0) is 18.3 Å². The van der Waals surface area contributed by atoms with Crippen LogP contribution in [0, 0.1) is 5.82 Å². The monoisotopic (exact) mass is 395 g/mol. The Labute approximate surface area is 170 Å². The van der Waals surface area contributed by atoms with Gasteiger partial charge in [0.15, 0.2) is 0 Å². The van der Waals surface area contributed by atoms with Gasteiger partial charge in [-0.3, -0.25) is 4.79 Å². The number of para-hydroxylation sites is 1. The molecule has 1 saturated heterocycles. The molecule has 0 saturated carbocycles. The van der Waals surface area contributed by atoms with E-state index >= 15 is 0 Å². The molecular formula is C23H26FN3O2. The van der Waals surface area contributed by atoms with Crippen molar-refractivity contribution in [3.05, 3.63) is 65.6 Å². The molecule has 4 rings (SSSR count). The minimum Gasteiger partial charge on any atom is -0.372 e. The van der Waals surface area contributed by atoms with Crippen LogP contribution < -0.4 is 10.2 Å². The molecule has 5 nitrogen and oxygen atoms in total. The van der Waals surface area contributed by atoms with Crippen LogP contribution in [-0.4, -0.2) is 35.8 Å². The number of fused-ring (bicyclic) bond motifs is 1. The molecule has 0 bridgehead atoms. The summed E-state index contributed by atoms with van der Waals surface area (Å²) in [4.78, 5) is 14.7. The van der Waals surface area contributed by atoms with E-state index in [1.165, 1.54) is 6.07 Å². The summed E-state index contributed by atoms with van der Waals surface area (Å²) in [5.74, 6) is -0.440. The minimum atomic E-state index is -0.275. The van der Waals surface area contributed by atoms with E-state index in [-0.39, 0.29) is 30.5 Å². The molecule has 1 amide bonds. The first-order valence-electron chi connectivity index (χ1n) is 9.93. The highest BCUT2D eigenvalue weighted by atomic mass is 19.1. The zero-order valence-electron chi connectivity index (χ0n) is 17.0. The Bertz CT molecular complexity index is 1040. The summed E-state index contributed by atoms with van der Waals surface area (Å²) in [7, 11) is 1.92. The van der Waals surface area contributed by atoms with Gasteiger partial charge in [0.05, 0.1) is 23.5 Å². The number of halogens is 1. The first-order chi connectivity index (χ1) is 13.9. The predicted molar refractivity (Wildman–Crippen MR) is 113 cm³/mol. The molecule has 6 heteroatoms. The third-order valence-electron chi connectivity index (χ3n) is 5.37. The Morgan fingerprint density at radius 2 is 1.90 bits per heavy atom. The molecule has 2 heterocycles. The van der Waals surface area contributed by atoms with Crippen LogP contribution in [0.4, 0.5) is 10.1 Å². The lowest BCUT2D eigenvalue weighted by atomic mass is 10.1. The number of hydrogen-bond donors (Lipinski definition) is 1. The van der Waals surface area contributed by atoms with Gasteiger partial charge in [0.1, 0.15) is 5.82 Å². The van der Waals surface area contributed by atoms with Crippen molar-refractivity contribution >= 4 is 22.5 Å². The van der Waals surface area contributed by atoms with Gasteiger partial charge in [0, 0.05) is 43.8 Å². The molecule has 0 radical (unpaired) electrons. The summed E-state index contributed by atoms with van der Waals surface area (Å²) in [5, 5.41) is 3.82. The van der Waals surface area contributed by atoms with E-state index in [2.05, 4.69) is 5.32 Å². The molecule has 1 N–H and O–H groups in total. The quantitative estimate of drug-likeness (QED) is 0.730. The van der Waals surface area contributed by atoms with E-state index < -0.39 is 0 Å². The van der Waals surface area contributed by atoms with Crippen molar-refractivity contribution < 1.29 is 13.9 Å². The largest absolute Gasteiger partial charge is 0.372 e. The number of anilines is 1. The van der Waals surface area contributed by atoms with Crippen molar-refractivity contribution in [2.45, 2.75) is 32.6 Å². The number of carbonyl (C=O) groups excluding carboxylic acids is 1. The Balaban J connectivity index is 1.46. The van der Waals surface area contributed by atoms with Crippen LogP contribution in [0.1, 0.15) is 29.8 Å². The van der Waals surface area contributed by atoms with Crippen molar-refractivity contribution in [1.82, 2.24) is 9.88 Å². The molecule has 1 aliphatic heterocycles. The summed E-state index contributed by atoms with van der Waals surface area (Å²) in [6, 6.07) is 12.9. The van der Waals surface area contributed by atoms with Gasteiger partial charge in [-0.1, -0.05) is 24.3 Å². The molecule has 1 aliphatic rings. The molecule has 0 spiro atoms. The average molecular weight is 395 g/mol. The normalized spacial score (nSPS) is 19.5. The average Bonchev–Trinajstić information content (AvgIpc) is 3.02. The maximum atomic E-state index is 14.7. The van der Waals surface area contributed by atoms with Crippen LogP contribution in [0.15, 0.2) is 48.7 Å². The van der Waals surface area contributed by atoms with Gasteiger partial charge in [0.2, 0.25) is 0 Å². The molecular weight excluding hydrogens is 369 g/mol. The third kappa shape index (κ3) is 3.98. The Kier molecular flexibility index (Phi) is 5.28. The zero-order chi connectivity index (χ0) is 20.5. The highest BCUT2D eigenvalue weighted by molar-refractivity contribution is 6.06. The predicted octanol–water partition coefficient (Wildman–Crippen LogP) is 3.86. The summed E-state index contributed by atoms with van der Waals surface area (Å²) in [6.45, 7) is 5.60. The van der Waals surface area contributed by atoms with Crippen LogP contribution in [0.3, 0.4) is 0 Å². The maximum Gasteiger partial charge on any atom is 0.253 e. The molecule has 1 fully saturated rings. The Morgan fingerprint density at radius 1 is 1.17 bits per heavy atom. The highest BCUT2D eigenvalue weighted by Crippen LogP contribution is 2.25. The van der Waals surface area contributed by atoms with E-state index in [1.807, 2.05) is 66.9 Å². The van der Waals surface area contributed by atoms with E-state index in [9.17, 15) is 9.18 Å². The maximum absolute atomic E-state index is 14.7. The van der Waals surface area contributed by atoms with Gasteiger partial charge in [-0.2, -0.15) is 0 Å². The molecule has 3 aromatic rings. The van der Waals surface area contributed by atoms with E-state index in [1.54, 1.807) is 6.07 Å². The van der Waals surface area contributed by atoms with Crippen molar-refractivity contribution in [1.29, 1.82) is 0 Å². The number of carbonyl (C=O) groups is 1. The van der Waals surface area contributed by atoms with Crippen molar-refractivity contribution in [3.63, 3.8) is 0 Å². The lowest BCUT2D eigenvalue weighted by Crippen LogP contribution is -2.45.